The van der Waals surface area contributed by atoms with Crippen molar-refractivity contribution in [1.29, 1.82) is 0 Å². The number of carbonyl (C=O) groups excluding carboxylic acids is 1. The van der Waals surface area contributed by atoms with Crippen molar-refractivity contribution in [2.24, 2.45) is 29.6 Å². The molecule has 1 radical (unpaired) electrons. The molecule has 4 atom stereocenters. The Morgan fingerprint density at radius 2 is 0.849 bits per heavy atom. The maximum absolute atomic E-state index is 7.75. The van der Waals surface area contributed by atoms with Crippen LogP contribution in [0.15, 0.2) is 152 Å². The van der Waals surface area contributed by atoms with E-state index in [1.54, 1.807) is 10.6 Å². The van der Waals surface area contributed by atoms with E-state index in [-0.39, 0.29) is 26.9 Å². The van der Waals surface area contributed by atoms with Gasteiger partial charge in [0, 0.05) is 0 Å². The molecular weight excluding hydrogens is 769 g/mol. The summed E-state index contributed by atoms with van der Waals surface area (Å²) in [6.45, 7) is 3.25. The Kier molecular flexibility index (Phi) is 18.8. The molecule has 4 heteroatoms. The first kappa shape index (κ1) is 43.0. The van der Waals surface area contributed by atoms with Gasteiger partial charge in [0.15, 0.2) is 0 Å². The van der Waals surface area contributed by atoms with Crippen LogP contribution in [-0.4, -0.2) is 13.0 Å². The largest absolute Gasteiger partial charge is 2.00 e. The average Bonchev–Trinajstić information content (AvgIpc) is 3.66. The fourth-order valence-electron chi connectivity index (χ4n) is 9.77. The molecule has 3 saturated carbocycles. The van der Waals surface area contributed by atoms with Crippen LogP contribution in [0.2, 0.25) is 0 Å². The molecule has 0 N–H and O–H groups in total. The fourth-order valence-corrected chi connectivity index (χ4v) is 15.5. The molecule has 1 nitrogen and oxygen atoms in total. The molecule has 279 valence electrons. The van der Waals surface area contributed by atoms with Gasteiger partial charge in [0.2, 0.25) is 0 Å². The summed E-state index contributed by atoms with van der Waals surface area (Å²) in [4.78, 5) is 7.75. The van der Waals surface area contributed by atoms with Crippen LogP contribution in [0.25, 0.3) is 0 Å². The second-order valence-electron chi connectivity index (χ2n) is 14.9. The van der Waals surface area contributed by atoms with Crippen LogP contribution in [-0.2, 0) is 24.3 Å². The van der Waals surface area contributed by atoms with Crippen LogP contribution < -0.4 is 26.5 Å². The summed E-state index contributed by atoms with van der Waals surface area (Å²) in [5.74, 6) is 5.11. The summed E-state index contributed by atoms with van der Waals surface area (Å²) in [7, 11) is -1.60. The molecule has 0 aromatic heterocycles. The van der Waals surface area contributed by atoms with E-state index >= 15 is 0 Å². The quantitative estimate of drug-likeness (QED) is 0.0626. The van der Waals surface area contributed by atoms with E-state index in [4.69, 9.17) is 4.79 Å². The monoisotopic (exact) mass is 829 g/mol. The van der Waals surface area contributed by atoms with Crippen LogP contribution in [0.3, 0.4) is 0 Å². The van der Waals surface area contributed by atoms with Gasteiger partial charge in [0.25, 0.3) is 0 Å². The number of hydrogen-bond donors (Lipinski definition) is 0. The zero-order valence-corrected chi connectivity index (χ0v) is 35.3. The summed E-state index contributed by atoms with van der Waals surface area (Å²) >= 11 is 0. The van der Waals surface area contributed by atoms with E-state index in [9.17, 15) is 0 Å². The molecule has 0 spiro atoms. The minimum absolute atomic E-state index is 0. The predicted molar refractivity (Wildman–Crippen MR) is 233 cm³/mol. The number of rotatable bonds is 9. The van der Waals surface area contributed by atoms with Gasteiger partial charge >= 0.3 is 19.5 Å². The summed E-state index contributed by atoms with van der Waals surface area (Å²) in [5.41, 5.74) is 0. The van der Waals surface area contributed by atoms with Crippen molar-refractivity contribution in [1.82, 2.24) is 0 Å². The van der Waals surface area contributed by atoms with E-state index in [1.807, 2.05) is 0 Å². The van der Waals surface area contributed by atoms with E-state index in [0.29, 0.717) is 0 Å². The maximum Gasteiger partial charge on any atom is 2.00 e. The van der Waals surface area contributed by atoms with Gasteiger partial charge in [-0.3, -0.25) is 6.79 Å². The van der Waals surface area contributed by atoms with Gasteiger partial charge in [-0.2, -0.15) is 0 Å². The number of benzene rings is 5. The normalized spacial score (nSPS) is 19.9. The van der Waals surface area contributed by atoms with Crippen molar-refractivity contribution in [3.63, 3.8) is 0 Å². The van der Waals surface area contributed by atoms with Gasteiger partial charge in [-0.1, -0.05) is 142 Å². The minimum atomic E-state index is -0.877. The summed E-state index contributed by atoms with van der Waals surface area (Å²) in [5, 5.41) is 7.57. The Morgan fingerprint density at radius 1 is 0.472 bits per heavy atom. The molecule has 0 amide bonds. The van der Waals surface area contributed by atoms with Crippen LogP contribution in [0.5, 0.6) is 0 Å². The SMILES string of the molecule is [CH-]=O.[CH3-].[Rh+2].c1ccc([PH+](C[C@H](C2CCCCC2)C2CCC3CCCCC32)c2ccccc2)cc1.c1ccc([PH+](c2ccccc2)c2ccccc2)cc1. The third kappa shape index (κ3) is 11.6. The number of fused-ring (bicyclic) bond motifs is 1. The average molecular weight is 830 g/mol. The van der Waals surface area contributed by atoms with Crippen LogP contribution in [0, 0.1) is 37.0 Å². The molecule has 0 saturated heterocycles. The smallest absolute Gasteiger partial charge is 0.545 e. The van der Waals surface area contributed by atoms with Crippen LogP contribution >= 0.6 is 15.8 Å². The second-order valence-corrected chi connectivity index (χ2v) is 19.9. The van der Waals surface area contributed by atoms with Gasteiger partial charge in [0.05, 0.1) is 32.6 Å². The summed E-state index contributed by atoms with van der Waals surface area (Å²) in [6, 6.07) is 55.7. The van der Waals surface area contributed by atoms with Gasteiger partial charge in [-0.25, -0.2) is 0 Å². The van der Waals surface area contributed by atoms with E-state index in [0.717, 1.165) is 29.6 Å². The molecule has 0 bridgehead atoms. The molecule has 0 heterocycles. The third-order valence-electron chi connectivity index (χ3n) is 12.1. The number of hydrogen-bond acceptors (Lipinski definition) is 1. The molecule has 3 aliphatic rings. The zero-order chi connectivity index (χ0) is 35.1. The standard InChI is InChI=1S/C29H39P.C18H15P.CHO.CH3.Rh/c1-4-12-23(13-5-1)29(28-21-20-24-14-10-11-19-27(24)28)22-30(25-15-6-2-7-16-25)26-17-8-3-9-18-26;1-4-10-16(11-5-1)19(17-12-6-2-7-13-17)18-14-8-3-9-15-18;1-2;;/h2-3,6-9,15-18,23-24,27-29H,1,4-5,10-14,19-22H2;1-15H;1H;1H3;/q;;2*-1;+2/p+2/t24?,27?,28?,29-;;;;/m1..../s1. The molecule has 3 fully saturated rings. The van der Waals surface area contributed by atoms with Crippen molar-refractivity contribution in [3.05, 3.63) is 159 Å². The van der Waals surface area contributed by atoms with E-state index < -0.39 is 15.8 Å². The van der Waals surface area contributed by atoms with E-state index in [1.165, 1.54) is 92.7 Å². The zero-order valence-electron chi connectivity index (χ0n) is 31.6. The predicted octanol–water partition coefficient (Wildman–Crippen LogP) is 10.6. The van der Waals surface area contributed by atoms with Crippen molar-refractivity contribution in [2.75, 3.05) is 6.16 Å². The van der Waals surface area contributed by atoms with Gasteiger partial charge < -0.3 is 12.2 Å². The first-order valence-electron chi connectivity index (χ1n) is 19.6. The topological polar surface area (TPSA) is 17.1 Å². The van der Waals surface area contributed by atoms with Crippen LogP contribution in [0.1, 0.15) is 70.6 Å². The third-order valence-corrected chi connectivity index (χ3v) is 17.7. The van der Waals surface area contributed by atoms with Crippen molar-refractivity contribution in [3.8, 4) is 0 Å². The van der Waals surface area contributed by atoms with Crippen molar-refractivity contribution < 1.29 is 24.3 Å². The van der Waals surface area contributed by atoms with Gasteiger partial charge in [0.1, 0.15) is 15.9 Å². The molecule has 3 aliphatic carbocycles. The Balaban J connectivity index is 0.000000237. The second kappa shape index (κ2) is 23.2. The first-order valence-corrected chi connectivity index (χ1v) is 22.8. The first-order chi connectivity index (χ1) is 25.3. The molecule has 5 aromatic rings. The molecule has 0 aliphatic heterocycles. The molecule has 5 aromatic carbocycles. The molecule has 53 heavy (non-hydrogen) atoms. The van der Waals surface area contributed by atoms with E-state index in [2.05, 4.69) is 158 Å². The fraction of sp³-hybridized carbons (Fsp3) is 0.347. The molecular formula is C49H60OP2Rh+2. The van der Waals surface area contributed by atoms with Crippen molar-refractivity contribution >= 4 is 49.2 Å². The summed E-state index contributed by atoms with van der Waals surface area (Å²) in [6.07, 6.45) is 18.1. The van der Waals surface area contributed by atoms with Crippen molar-refractivity contribution in [2.45, 2.75) is 70.6 Å². The van der Waals surface area contributed by atoms with Gasteiger partial charge in [-0.15, -0.1) is 0 Å². The van der Waals surface area contributed by atoms with Gasteiger partial charge in [-0.05, 0) is 110 Å². The molecule has 3 unspecified atom stereocenters. The Morgan fingerprint density at radius 3 is 1.28 bits per heavy atom. The summed E-state index contributed by atoms with van der Waals surface area (Å²) < 4.78 is 0. The Bertz CT molecular complexity index is 1530. The maximum atomic E-state index is 7.75. The Hall–Kier alpha value is -2.75. The molecule has 8 rings (SSSR count). The minimum Gasteiger partial charge on any atom is -0.545 e. The van der Waals surface area contributed by atoms with Crippen LogP contribution in [0.4, 0.5) is 0 Å². The Labute approximate surface area is 337 Å².